The van der Waals surface area contributed by atoms with Gasteiger partial charge in [0.1, 0.15) is 5.82 Å². The second-order valence-corrected chi connectivity index (χ2v) is 9.79. The molecule has 0 amide bonds. The predicted octanol–water partition coefficient (Wildman–Crippen LogP) is 6.94. The fraction of sp³-hybridized carbons (Fsp3) is 0.519. The number of likely N-dealkylation sites (tertiary alicyclic amines) is 1. The molecule has 0 aromatic carbocycles. The quantitative estimate of drug-likeness (QED) is 0.489. The monoisotopic (exact) mass is 470 g/mol. The van der Waals surface area contributed by atoms with Crippen molar-refractivity contribution < 1.29 is 13.2 Å². The van der Waals surface area contributed by atoms with Gasteiger partial charge in [-0.05, 0) is 56.9 Å². The molecule has 0 saturated carbocycles. The normalized spacial score (nSPS) is 26.7. The maximum Gasteiger partial charge on any atom is 0.410 e. The van der Waals surface area contributed by atoms with Gasteiger partial charge in [-0.15, -0.1) is 0 Å². The summed E-state index contributed by atoms with van der Waals surface area (Å²) in [5.74, 6) is 0.439. The minimum Gasteiger partial charge on any atom is -0.368 e. The van der Waals surface area contributed by atoms with Gasteiger partial charge < -0.3 is 10.2 Å². The molecule has 1 fully saturated rings. The lowest BCUT2D eigenvalue weighted by Crippen LogP contribution is -2.40. The van der Waals surface area contributed by atoms with Gasteiger partial charge in [-0.2, -0.15) is 18.3 Å². The summed E-state index contributed by atoms with van der Waals surface area (Å²) in [6, 6.07) is -1.68. The number of alkyl halides is 3. The molecule has 1 aromatic rings. The Balaban J connectivity index is 1.38. The molecule has 4 nitrogen and oxygen atoms in total. The van der Waals surface area contributed by atoms with E-state index in [-0.39, 0.29) is 12.5 Å². The summed E-state index contributed by atoms with van der Waals surface area (Å²) in [4.78, 5) is 2.30. The number of hydrogen-bond acceptors (Lipinski definition) is 3. The van der Waals surface area contributed by atoms with Crippen molar-refractivity contribution in [1.29, 1.82) is 0 Å². The van der Waals surface area contributed by atoms with Crippen LogP contribution in [-0.4, -0.2) is 39.5 Å². The van der Waals surface area contributed by atoms with Gasteiger partial charge in [0.05, 0.1) is 17.8 Å². The highest BCUT2D eigenvalue weighted by molar-refractivity contribution is 5.73. The van der Waals surface area contributed by atoms with Gasteiger partial charge in [-0.3, -0.25) is 0 Å². The summed E-state index contributed by atoms with van der Waals surface area (Å²) < 4.78 is 43.3. The van der Waals surface area contributed by atoms with Crippen LogP contribution in [0.5, 0.6) is 0 Å². The molecule has 3 atom stereocenters. The molecule has 1 N–H and O–H groups in total. The van der Waals surface area contributed by atoms with Gasteiger partial charge in [0.15, 0.2) is 6.04 Å². The third kappa shape index (κ3) is 4.62. The van der Waals surface area contributed by atoms with Gasteiger partial charge >= 0.3 is 6.18 Å². The van der Waals surface area contributed by atoms with E-state index < -0.39 is 12.2 Å². The second kappa shape index (κ2) is 9.51. The van der Waals surface area contributed by atoms with Gasteiger partial charge in [-0.1, -0.05) is 48.6 Å². The smallest absolute Gasteiger partial charge is 0.368 e. The Morgan fingerprint density at radius 2 is 2.09 bits per heavy atom. The number of rotatable bonds is 6. The van der Waals surface area contributed by atoms with Crippen LogP contribution < -0.4 is 5.32 Å². The van der Waals surface area contributed by atoms with Crippen molar-refractivity contribution in [2.45, 2.75) is 82.1 Å². The Morgan fingerprint density at radius 1 is 1.21 bits per heavy atom. The number of anilines is 1. The van der Waals surface area contributed by atoms with Crippen LogP contribution in [0.15, 0.2) is 60.4 Å². The average Bonchev–Trinajstić information content (AvgIpc) is 3.49. The zero-order chi connectivity index (χ0) is 23.7. The molecule has 3 heterocycles. The van der Waals surface area contributed by atoms with Crippen LogP contribution in [0.1, 0.15) is 69.4 Å². The zero-order valence-electron chi connectivity index (χ0n) is 19.5. The van der Waals surface area contributed by atoms with Crippen LogP contribution in [-0.2, 0) is 0 Å². The molecule has 4 aliphatic rings. The Kier molecular flexibility index (Phi) is 6.45. The number of nitrogens with one attached hydrogen (secondary N) is 1. The first kappa shape index (κ1) is 23.1. The third-order valence-corrected chi connectivity index (χ3v) is 7.60. The van der Waals surface area contributed by atoms with Gasteiger partial charge in [0.25, 0.3) is 0 Å². The van der Waals surface area contributed by atoms with Crippen molar-refractivity contribution in [1.82, 2.24) is 14.7 Å². The number of halogens is 3. The molecule has 2 aliphatic carbocycles. The number of allylic oxidation sites excluding steroid dienone is 6. The summed E-state index contributed by atoms with van der Waals surface area (Å²) in [6.45, 7) is 5.24. The van der Waals surface area contributed by atoms with E-state index >= 15 is 0 Å². The zero-order valence-corrected chi connectivity index (χ0v) is 19.5. The van der Waals surface area contributed by atoms with Gasteiger partial charge in [0, 0.05) is 24.7 Å². The number of hydrogen-bond donors (Lipinski definition) is 1. The number of fused-ring (bicyclic) bond motifs is 1. The maximum atomic E-state index is 14.0. The summed E-state index contributed by atoms with van der Waals surface area (Å²) in [6.07, 6.45) is 18.0. The minimum atomic E-state index is -4.36. The van der Waals surface area contributed by atoms with Crippen molar-refractivity contribution in [3.63, 3.8) is 0 Å². The van der Waals surface area contributed by atoms with E-state index in [0.717, 1.165) is 73.9 Å². The van der Waals surface area contributed by atoms with Gasteiger partial charge in [0.2, 0.25) is 0 Å². The van der Waals surface area contributed by atoms with Crippen LogP contribution in [0.4, 0.5) is 19.0 Å². The lowest BCUT2D eigenvalue weighted by molar-refractivity contribution is -0.173. The molecule has 5 rings (SSSR count). The van der Waals surface area contributed by atoms with Crippen molar-refractivity contribution >= 4 is 11.5 Å². The number of aromatic nitrogens is 2. The summed E-state index contributed by atoms with van der Waals surface area (Å²) in [5.41, 5.74) is 3.88. The van der Waals surface area contributed by atoms with E-state index in [9.17, 15) is 13.2 Å². The van der Waals surface area contributed by atoms with Crippen LogP contribution in [0.25, 0.3) is 5.70 Å². The summed E-state index contributed by atoms with van der Waals surface area (Å²) >= 11 is 0. The first-order valence-electron chi connectivity index (χ1n) is 12.5. The highest BCUT2D eigenvalue weighted by atomic mass is 19.4. The molecular formula is C27H33F3N4. The van der Waals surface area contributed by atoms with Crippen LogP contribution in [0.2, 0.25) is 0 Å². The Bertz CT molecular complexity index is 1040. The largest absolute Gasteiger partial charge is 0.410 e. The average molecular weight is 471 g/mol. The van der Waals surface area contributed by atoms with Crippen molar-refractivity contribution in [3.05, 3.63) is 65.9 Å². The van der Waals surface area contributed by atoms with E-state index in [4.69, 9.17) is 0 Å². The van der Waals surface area contributed by atoms with Crippen molar-refractivity contribution in [2.75, 3.05) is 11.9 Å². The predicted molar refractivity (Wildman–Crippen MR) is 130 cm³/mol. The van der Waals surface area contributed by atoms with Crippen LogP contribution in [0.3, 0.4) is 0 Å². The van der Waals surface area contributed by atoms with Crippen molar-refractivity contribution in [2.24, 2.45) is 0 Å². The molecule has 2 unspecified atom stereocenters. The fourth-order valence-corrected chi connectivity index (χ4v) is 5.74. The Labute approximate surface area is 199 Å². The second-order valence-electron chi connectivity index (χ2n) is 9.79. The summed E-state index contributed by atoms with van der Waals surface area (Å²) in [7, 11) is 0. The first-order chi connectivity index (χ1) is 16.4. The molecular weight excluding hydrogens is 437 g/mol. The Hall–Kier alpha value is -2.70. The molecule has 1 saturated heterocycles. The lowest BCUT2D eigenvalue weighted by Gasteiger charge is -2.36. The van der Waals surface area contributed by atoms with Crippen molar-refractivity contribution in [3.8, 4) is 0 Å². The topological polar surface area (TPSA) is 33.1 Å². The highest BCUT2D eigenvalue weighted by Crippen LogP contribution is 2.44. The molecule has 34 heavy (non-hydrogen) atoms. The van der Waals surface area contributed by atoms with E-state index in [1.54, 1.807) is 6.20 Å². The molecule has 7 heteroatoms. The van der Waals surface area contributed by atoms with E-state index in [1.165, 1.54) is 5.57 Å². The van der Waals surface area contributed by atoms with E-state index in [1.807, 2.05) is 12.2 Å². The molecule has 0 bridgehead atoms. The standard InChI is InChI=1S/C27H33F3N4/c1-19(33-16-8-13-22(33)15-14-20-9-4-2-5-10-20)23-18-31-34-25(27(28,29)30)17-24(32-26(23)34)21-11-6-3-7-12-21/h2,4,6,9,11-12,18,22,24-25,32H,1,3,5,7-8,10,13-17H2/t22?,24-,25?/m1/s1. The van der Waals surface area contributed by atoms with Crippen LogP contribution >= 0.6 is 0 Å². The van der Waals surface area contributed by atoms with Gasteiger partial charge in [-0.25, -0.2) is 4.68 Å². The minimum absolute atomic E-state index is 0.0594. The third-order valence-electron chi connectivity index (χ3n) is 7.60. The lowest BCUT2D eigenvalue weighted by atomic mass is 9.92. The van der Waals surface area contributed by atoms with E-state index in [2.05, 4.69) is 46.2 Å². The molecule has 0 spiro atoms. The molecule has 182 valence electrons. The number of nitrogens with zero attached hydrogens (tertiary/aromatic N) is 3. The Morgan fingerprint density at radius 3 is 2.82 bits per heavy atom. The summed E-state index contributed by atoms with van der Waals surface area (Å²) in [5, 5.41) is 7.61. The van der Waals surface area contributed by atoms with Crippen LogP contribution in [0, 0.1) is 0 Å². The fourth-order valence-electron chi connectivity index (χ4n) is 5.74. The highest BCUT2D eigenvalue weighted by Gasteiger charge is 2.47. The SMILES string of the molecule is C=C(c1cnn2c1N[C@@H](C1=CCCC=C1)CC2C(F)(F)F)N1CCCC1CCC1=CC=CCC1. The molecule has 1 aromatic heterocycles. The first-order valence-corrected chi connectivity index (χ1v) is 12.5. The molecule has 0 radical (unpaired) electrons. The molecule has 2 aliphatic heterocycles. The van der Waals surface area contributed by atoms with E-state index in [0.29, 0.717) is 17.4 Å². The maximum absolute atomic E-state index is 14.0.